The summed E-state index contributed by atoms with van der Waals surface area (Å²) in [6.45, 7) is 5.31. The molecule has 1 saturated heterocycles. The Kier molecular flexibility index (Phi) is 10.1. The van der Waals surface area contributed by atoms with Crippen LogP contribution < -0.4 is 9.47 Å². The Hall–Kier alpha value is -3.99. The summed E-state index contributed by atoms with van der Waals surface area (Å²) in [6.07, 6.45) is -0.603. The predicted octanol–water partition coefficient (Wildman–Crippen LogP) is 6.68. The molecule has 0 spiro atoms. The zero-order valence-electron chi connectivity index (χ0n) is 25.9. The van der Waals surface area contributed by atoms with Gasteiger partial charge in [-0.05, 0) is 61.4 Å². The Morgan fingerprint density at radius 2 is 1.49 bits per heavy atom. The van der Waals surface area contributed by atoms with Gasteiger partial charge in [0.25, 0.3) is 0 Å². The number of hydrogen-bond donors (Lipinski definition) is 0. The van der Waals surface area contributed by atoms with Crippen molar-refractivity contribution in [1.29, 1.82) is 0 Å². The van der Waals surface area contributed by atoms with Crippen molar-refractivity contribution in [2.75, 3.05) is 47.4 Å². The lowest BCUT2D eigenvalue weighted by Gasteiger charge is -2.38. The van der Waals surface area contributed by atoms with Crippen LogP contribution in [0.15, 0.2) is 71.7 Å². The van der Waals surface area contributed by atoms with Crippen molar-refractivity contribution < 1.29 is 23.9 Å². The summed E-state index contributed by atoms with van der Waals surface area (Å²) in [6, 6.07) is 19.3. The number of amides is 3. The number of hydrogen-bond acceptors (Lipinski definition) is 7. The highest BCUT2D eigenvalue weighted by Crippen LogP contribution is 2.46. The highest BCUT2D eigenvalue weighted by Gasteiger charge is 2.45. The van der Waals surface area contributed by atoms with E-state index in [-0.39, 0.29) is 12.1 Å². The molecule has 1 fully saturated rings. The molecule has 0 radical (unpaired) electrons. The number of halogens is 2. The first kappa shape index (κ1) is 32.4. The van der Waals surface area contributed by atoms with Crippen LogP contribution in [0.3, 0.4) is 0 Å². The molecular formula is C33H37Cl2N5O5. The van der Waals surface area contributed by atoms with Gasteiger partial charge in [0.1, 0.15) is 23.4 Å². The average molecular weight is 655 g/mol. The van der Waals surface area contributed by atoms with Gasteiger partial charge < -0.3 is 24.1 Å². The fourth-order valence-corrected chi connectivity index (χ4v) is 5.59. The third-order valence-electron chi connectivity index (χ3n) is 7.57. The van der Waals surface area contributed by atoms with E-state index >= 15 is 0 Å². The highest BCUT2D eigenvalue weighted by molar-refractivity contribution is 6.30. The third-order valence-corrected chi connectivity index (χ3v) is 8.07. The number of nitrogens with zero attached hydrogens (tertiary/aromatic N) is 5. The molecule has 0 aliphatic carbocycles. The minimum absolute atomic E-state index is 0.140. The Balaban J connectivity index is 1.59. The first-order chi connectivity index (χ1) is 21.5. The summed E-state index contributed by atoms with van der Waals surface area (Å²) in [5, 5.41) is 2.77. The van der Waals surface area contributed by atoms with Gasteiger partial charge in [0.15, 0.2) is 0 Å². The normalized spacial score (nSPS) is 18.5. The molecule has 12 heteroatoms. The minimum Gasteiger partial charge on any atom is -0.497 e. The fraction of sp³-hybridized carbons (Fsp3) is 0.364. The van der Waals surface area contributed by atoms with Gasteiger partial charge in [-0.15, -0.1) is 5.06 Å². The van der Waals surface area contributed by atoms with Gasteiger partial charge in [-0.25, -0.2) is 9.59 Å². The molecular weight excluding hydrogens is 617 g/mol. The molecule has 2 heterocycles. The number of urea groups is 1. The van der Waals surface area contributed by atoms with Crippen LogP contribution in [0.25, 0.3) is 0 Å². The third kappa shape index (κ3) is 7.30. The van der Waals surface area contributed by atoms with E-state index in [9.17, 15) is 9.59 Å². The van der Waals surface area contributed by atoms with Crippen molar-refractivity contribution in [3.63, 3.8) is 0 Å². The number of piperazine rings is 1. The quantitative estimate of drug-likeness (QED) is 0.283. The molecule has 3 aromatic carbocycles. The van der Waals surface area contributed by atoms with Gasteiger partial charge in [-0.3, -0.25) is 9.89 Å². The molecule has 2 unspecified atom stereocenters. The van der Waals surface area contributed by atoms with E-state index in [0.717, 1.165) is 11.1 Å². The molecule has 10 nitrogen and oxygen atoms in total. The second-order valence-electron chi connectivity index (χ2n) is 11.3. The highest BCUT2D eigenvalue weighted by atomic mass is 35.5. The molecule has 3 amide bonds. The van der Waals surface area contributed by atoms with Crippen LogP contribution in [0.2, 0.25) is 10.0 Å². The summed E-state index contributed by atoms with van der Waals surface area (Å²) in [4.78, 5) is 42.4. The van der Waals surface area contributed by atoms with Gasteiger partial charge in [0.2, 0.25) is 0 Å². The Morgan fingerprint density at radius 1 is 0.889 bits per heavy atom. The molecule has 5 rings (SSSR count). The minimum atomic E-state index is -0.510. The van der Waals surface area contributed by atoms with E-state index < -0.39 is 18.2 Å². The number of amidine groups is 1. The molecule has 2 aliphatic rings. The molecule has 0 saturated carbocycles. The first-order valence-corrected chi connectivity index (χ1v) is 15.5. The van der Waals surface area contributed by atoms with E-state index in [1.54, 1.807) is 36.1 Å². The Morgan fingerprint density at radius 3 is 2.04 bits per heavy atom. The summed E-state index contributed by atoms with van der Waals surface area (Å²) >= 11 is 12.6. The largest absolute Gasteiger partial charge is 0.497 e. The zero-order chi connectivity index (χ0) is 32.2. The standard InChI is InChI=1S/C33H37Cl2N5O5/c1-21(2)44-28-20-26(43-5)14-15-27(28)31-36-29(22-6-10-24(34)11-7-22)30(23-8-12-25(35)13-9-23)40(31)32(41)38-16-18-39(19-17-38)45-33(42)37(3)4/h6-15,20-21,29-30H,16-19H2,1-5H3. The van der Waals surface area contributed by atoms with E-state index in [1.165, 1.54) is 4.90 Å². The topological polar surface area (TPSA) is 87.2 Å². The summed E-state index contributed by atoms with van der Waals surface area (Å²) < 4.78 is 11.8. The van der Waals surface area contributed by atoms with Crippen LogP contribution in [0.4, 0.5) is 9.59 Å². The van der Waals surface area contributed by atoms with Crippen molar-refractivity contribution in [3.8, 4) is 11.5 Å². The SMILES string of the molecule is COc1ccc(C2=NC(c3ccc(Cl)cc3)C(c3ccc(Cl)cc3)N2C(=O)N2CCN(OC(=O)N(C)C)CC2)c(OC(C)C)c1. The lowest BCUT2D eigenvalue weighted by molar-refractivity contribution is -0.126. The predicted molar refractivity (Wildman–Crippen MR) is 174 cm³/mol. The number of rotatable bonds is 7. The number of benzene rings is 3. The van der Waals surface area contributed by atoms with Crippen molar-refractivity contribution in [2.24, 2.45) is 4.99 Å². The van der Waals surface area contributed by atoms with Gasteiger partial charge in [-0.2, -0.15) is 0 Å². The maximum atomic E-state index is 14.7. The molecule has 0 aromatic heterocycles. The lowest BCUT2D eigenvalue weighted by atomic mass is 9.93. The van der Waals surface area contributed by atoms with Gasteiger partial charge in [0, 0.05) is 43.3 Å². The summed E-state index contributed by atoms with van der Waals surface area (Å²) in [5.74, 6) is 1.64. The molecule has 0 N–H and O–H groups in total. The van der Waals surface area contributed by atoms with E-state index in [4.69, 9.17) is 42.5 Å². The van der Waals surface area contributed by atoms with Crippen molar-refractivity contribution >= 4 is 41.2 Å². The number of carbonyl (C=O) groups excluding carboxylic acids is 2. The molecule has 0 bridgehead atoms. The Bertz CT molecular complexity index is 1540. The smallest absolute Gasteiger partial charge is 0.428 e. The van der Waals surface area contributed by atoms with Gasteiger partial charge in [0.05, 0.1) is 37.9 Å². The fourth-order valence-electron chi connectivity index (χ4n) is 5.34. The average Bonchev–Trinajstić information content (AvgIpc) is 3.41. The lowest BCUT2D eigenvalue weighted by Crippen LogP contribution is -2.54. The Labute approximate surface area is 273 Å². The molecule has 45 heavy (non-hydrogen) atoms. The second-order valence-corrected chi connectivity index (χ2v) is 12.2. The summed E-state index contributed by atoms with van der Waals surface area (Å²) in [7, 11) is 4.85. The van der Waals surface area contributed by atoms with E-state index in [0.29, 0.717) is 59.1 Å². The van der Waals surface area contributed by atoms with Crippen molar-refractivity contribution in [1.82, 2.24) is 19.8 Å². The number of aliphatic imine (C=N–C) groups is 1. The number of methoxy groups -OCH3 is 1. The van der Waals surface area contributed by atoms with Crippen LogP contribution >= 0.6 is 23.2 Å². The van der Waals surface area contributed by atoms with E-state index in [1.807, 2.05) is 80.6 Å². The van der Waals surface area contributed by atoms with Crippen LogP contribution in [-0.4, -0.2) is 91.2 Å². The summed E-state index contributed by atoms with van der Waals surface area (Å²) in [5.41, 5.74) is 2.42. The zero-order valence-corrected chi connectivity index (χ0v) is 27.5. The van der Waals surface area contributed by atoms with E-state index in [2.05, 4.69) is 0 Å². The molecule has 2 aliphatic heterocycles. The maximum absolute atomic E-state index is 14.7. The molecule has 2 atom stereocenters. The van der Waals surface area contributed by atoms with Crippen molar-refractivity contribution in [3.05, 3.63) is 93.5 Å². The first-order valence-electron chi connectivity index (χ1n) is 14.7. The number of hydroxylamine groups is 2. The van der Waals surface area contributed by atoms with Gasteiger partial charge >= 0.3 is 12.1 Å². The second kappa shape index (κ2) is 14.0. The van der Waals surface area contributed by atoms with Crippen LogP contribution in [0.5, 0.6) is 11.5 Å². The molecule has 3 aromatic rings. The van der Waals surface area contributed by atoms with Crippen LogP contribution in [0.1, 0.15) is 42.6 Å². The maximum Gasteiger partial charge on any atom is 0.428 e. The monoisotopic (exact) mass is 653 g/mol. The molecule has 238 valence electrons. The number of carbonyl (C=O) groups is 2. The van der Waals surface area contributed by atoms with Gasteiger partial charge in [-0.1, -0.05) is 47.5 Å². The number of ether oxygens (including phenoxy) is 2. The van der Waals surface area contributed by atoms with Crippen molar-refractivity contribution in [2.45, 2.75) is 32.0 Å². The van der Waals surface area contributed by atoms with Crippen LogP contribution in [-0.2, 0) is 4.84 Å². The van der Waals surface area contributed by atoms with Crippen LogP contribution in [0, 0.1) is 0 Å².